The Hall–Kier alpha value is -7.88. The van der Waals surface area contributed by atoms with Crippen molar-refractivity contribution in [3.63, 3.8) is 0 Å². The van der Waals surface area contributed by atoms with E-state index >= 15 is 0 Å². The summed E-state index contributed by atoms with van der Waals surface area (Å²) in [6.45, 7) is 4.74. The lowest BCUT2D eigenvalue weighted by Gasteiger charge is -2.45. The van der Waals surface area contributed by atoms with Crippen molar-refractivity contribution in [3.8, 4) is 22.3 Å². The van der Waals surface area contributed by atoms with E-state index in [9.17, 15) is 0 Å². The van der Waals surface area contributed by atoms with Crippen LogP contribution in [0.2, 0.25) is 0 Å². The van der Waals surface area contributed by atoms with Crippen LogP contribution in [0.4, 0.5) is 34.1 Å². The summed E-state index contributed by atoms with van der Waals surface area (Å²) in [5.41, 5.74) is 18.9. The van der Waals surface area contributed by atoms with Crippen LogP contribution < -0.4 is 26.2 Å². The fourth-order valence-corrected chi connectivity index (χ4v) is 11.9. The molecule has 11 aromatic carbocycles. The molecule has 2 heterocycles. The second kappa shape index (κ2) is 13.1. The fraction of sp³-hybridized carbons (Fsp3) is 0.0492. The molecule has 0 atom stereocenters. The average molecular weight is 813 g/mol. The monoisotopic (exact) mass is 812 g/mol. The zero-order chi connectivity index (χ0) is 42.3. The first-order valence-electron chi connectivity index (χ1n) is 22.5. The van der Waals surface area contributed by atoms with Crippen LogP contribution in [0.25, 0.3) is 65.3 Å². The van der Waals surface area contributed by atoms with Crippen molar-refractivity contribution in [3.05, 3.63) is 223 Å². The van der Waals surface area contributed by atoms with E-state index in [1.165, 1.54) is 116 Å². The Bertz CT molecular complexity index is 3590. The molecular formula is C61H41BN2. The summed E-state index contributed by atoms with van der Waals surface area (Å²) in [6.07, 6.45) is 0. The van der Waals surface area contributed by atoms with Crippen molar-refractivity contribution in [1.29, 1.82) is 0 Å². The molecule has 0 N–H and O–H groups in total. The third-order valence-electron chi connectivity index (χ3n) is 14.8. The number of benzene rings is 11. The van der Waals surface area contributed by atoms with Gasteiger partial charge in [0.2, 0.25) is 0 Å². The lowest BCUT2D eigenvalue weighted by Crippen LogP contribution is -2.61. The smallest absolute Gasteiger partial charge is 0.252 e. The van der Waals surface area contributed by atoms with Crippen LogP contribution in [0.15, 0.2) is 212 Å². The van der Waals surface area contributed by atoms with Gasteiger partial charge in [-0.15, -0.1) is 0 Å². The van der Waals surface area contributed by atoms with Gasteiger partial charge in [-0.3, -0.25) is 0 Å². The molecule has 2 nitrogen and oxygen atoms in total. The molecule has 1 aliphatic carbocycles. The van der Waals surface area contributed by atoms with E-state index in [-0.39, 0.29) is 12.1 Å². The standard InChI is InChI=1S/C61H41BN2/c1-61(2)52-24-14-13-23-48(52)49-28-27-40(35-53(49)61)41-36-56-58-57(37-41)64(43-19-7-4-8-20-43)60-51-30-26-39-16-10-12-22-45(39)47(51)32-34-55(60)62(58)54-33-31-46-44-21-11-9-15-38(44)25-29-50(46)59(54)63(56)42-17-5-3-6-18-42/h3-37H,1-2H3. The van der Waals surface area contributed by atoms with Gasteiger partial charge in [-0.1, -0.05) is 184 Å². The molecule has 2 aliphatic heterocycles. The molecule has 0 fully saturated rings. The van der Waals surface area contributed by atoms with Crippen molar-refractivity contribution in [1.82, 2.24) is 0 Å². The Kier molecular flexibility index (Phi) is 7.29. The highest BCUT2D eigenvalue weighted by atomic mass is 15.2. The van der Waals surface area contributed by atoms with Gasteiger partial charge in [0.15, 0.2) is 0 Å². The number of fused-ring (bicyclic) bond motifs is 15. The minimum Gasteiger partial charge on any atom is -0.311 e. The van der Waals surface area contributed by atoms with Crippen LogP contribution in [-0.4, -0.2) is 6.71 Å². The van der Waals surface area contributed by atoms with Gasteiger partial charge in [-0.05, 0) is 125 Å². The van der Waals surface area contributed by atoms with Crippen molar-refractivity contribution >= 4 is 100 Å². The summed E-state index contributed by atoms with van der Waals surface area (Å²) in [5.74, 6) is 0. The zero-order valence-electron chi connectivity index (χ0n) is 35.7. The van der Waals surface area contributed by atoms with Crippen molar-refractivity contribution < 1.29 is 0 Å². The molecule has 0 unspecified atom stereocenters. The van der Waals surface area contributed by atoms with E-state index in [1.54, 1.807) is 0 Å². The molecule has 0 saturated carbocycles. The topological polar surface area (TPSA) is 6.48 Å². The number of para-hydroxylation sites is 2. The van der Waals surface area contributed by atoms with E-state index in [0.717, 1.165) is 11.4 Å². The number of rotatable bonds is 3. The van der Waals surface area contributed by atoms with Crippen LogP contribution in [0, 0.1) is 0 Å². The quantitative estimate of drug-likeness (QED) is 0.130. The van der Waals surface area contributed by atoms with Gasteiger partial charge in [-0.25, -0.2) is 0 Å². The summed E-state index contributed by atoms with van der Waals surface area (Å²) in [5, 5.41) is 10.1. The van der Waals surface area contributed by atoms with E-state index in [0.29, 0.717) is 0 Å². The SMILES string of the molecule is CC1(C)c2ccccc2-c2ccc(-c3cc4c5c(c3)N(c3ccccc3)c3c(ccc6c3ccc3ccccc36)B5c3ccc5c(ccc6ccccc65)c3N4c3ccccc3)cc21. The number of nitrogens with zero attached hydrogens (tertiary/aromatic N) is 2. The second-order valence-corrected chi connectivity index (χ2v) is 18.4. The average Bonchev–Trinajstić information content (AvgIpc) is 3.58. The molecule has 0 aromatic heterocycles. The van der Waals surface area contributed by atoms with Crippen LogP contribution >= 0.6 is 0 Å². The first kappa shape index (κ1) is 35.7. The Morgan fingerprint density at radius 1 is 0.359 bits per heavy atom. The van der Waals surface area contributed by atoms with E-state index in [4.69, 9.17) is 0 Å². The summed E-state index contributed by atoms with van der Waals surface area (Å²) in [6, 6.07) is 80.0. The van der Waals surface area contributed by atoms with E-state index < -0.39 is 0 Å². The number of hydrogen-bond donors (Lipinski definition) is 0. The first-order chi connectivity index (χ1) is 31.5. The number of anilines is 6. The maximum absolute atomic E-state index is 2.58. The Balaban J connectivity index is 1.14. The highest BCUT2D eigenvalue weighted by Crippen LogP contribution is 2.52. The van der Waals surface area contributed by atoms with Crippen molar-refractivity contribution in [2.75, 3.05) is 9.80 Å². The zero-order valence-corrected chi connectivity index (χ0v) is 35.7. The summed E-state index contributed by atoms with van der Waals surface area (Å²) >= 11 is 0. The van der Waals surface area contributed by atoms with Gasteiger partial charge in [0.25, 0.3) is 6.71 Å². The van der Waals surface area contributed by atoms with Gasteiger partial charge in [0.1, 0.15) is 0 Å². The summed E-state index contributed by atoms with van der Waals surface area (Å²) < 4.78 is 0. The fourth-order valence-electron chi connectivity index (χ4n) is 11.9. The Morgan fingerprint density at radius 3 is 1.42 bits per heavy atom. The van der Waals surface area contributed by atoms with Crippen molar-refractivity contribution in [2.24, 2.45) is 0 Å². The van der Waals surface area contributed by atoms with Gasteiger partial charge in [0.05, 0.1) is 0 Å². The lowest BCUT2D eigenvalue weighted by molar-refractivity contribution is 0.660. The van der Waals surface area contributed by atoms with Gasteiger partial charge < -0.3 is 9.80 Å². The maximum Gasteiger partial charge on any atom is 0.252 e. The predicted octanol–water partition coefficient (Wildman–Crippen LogP) is 14.4. The highest BCUT2D eigenvalue weighted by molar-refractivity contribution is 7.00. The minimum atomic E-state index is -0.122. The van der Waals surface area contributed by atoms with Crippen LogP contribution in [0.5, 0.6) is 0 Å². The van der Waals surface area contributed by atoms with Gasteiger partial charge >= 0.3 is 0 Å². The molecule has 298 valence electrons. The third-order valence-corrected chi connectivity index (χ3v) is 14.8. The van der Waals surface area contributed by atoms with Gasteiger partial charge in [-0.2, -0.15) is 0 Å². The predicted molar refractivity (Wildman–Crippen MR) is 273 cm³/mol. The Labute approximate surface area is 373 Å². The molecular weight excluding hydrogens is 771 g/mol. The van der Waals surface area contributed by atoms with E-state index in [1.807, 2.05) is 0 Å². The molecule has 3 heteroatoms. The molecule has 11 aromatic rings. The molecule has 0 bridgehead atoms. The lowest BCUT2D eigenvalue weighted by atomic mass is 9.33. The van der Waals surface area contributed by atoms with E-state index in [2.05, 4.69) is 236 Å². The third kappa shape index (κ3) is 4.81. The second-order valence-electron chi connectivity index (χ2n) is 18.4. The molecule has 0 amide bonds. The molecule has 0 radical (unpaired) electrons. The largest absolute Gasteiger partial charge is 0.311 e. The Morgan fingerprint density at radius 2 is 0.844 bits per heavy atom. The van der Waals surface area contributed by atoms with Crippen molar-refractivity contribution in [2.45, 2.75) is 19.3 Å². The maximum atomic E-state index is 2.58. The molecule has 0 spiro atoms. The summed E-state index contributed by atoms with van der Waals surface area (Å²) in [4.78, 5) is 5.17. The van der Waals surface area contributed by atoms with Crippen LogP contribution in [0.1, 0.15) is 25.0 Å². The molecule has 14 rings (SSSR count). The normalized spacial score (nSPS) is 14.1. The molecule has 0 saturated heterocycles. The highest BCUT2D eigenvalue weighted by Gasteiger charge is 2.45. The van der Waals surface area contributed by atoms with Gasteiger partial charge in [0, 0.05) is 50.3 Å². The first-order valence-corrected chi connectivity index (χ1v) is 22.5. The van der Waals surface area contributed by atoms with Crippen LogP contribution in [0.3, 0.4) is 0 Å². The van der Waals surface area contributed by atoms with Crippen LogP contribution in [-0.2, 0) is 5.41 Å². The molecule has 3 aliphatic rings. The molecule has 64 heavy (non-hydrogen) atoms. The minimum absolute atomic E-state index is 0.0239. The summed E-state index contributed by atoms with van der Waals surface area (Å²) in [7, 11) is 0. The number of hydrogen-bond acceptors (Lipinski definition) is 2.